The molecule has 0 bridgehead atoms. The van der Waals surface area contributed by atoms with E-state index in [4.69, 9.17) is 27.9 Å². The topological polar surface area (TPSA) is 102 Å². The molecule has 1 saturated heterocycles. The predicted octanol–water partition coefficient (Wildman–Crippen LogP) is 3.54. The minimum atomic E-state index is -4.09. The zero-order valence-electron chi connectivity index (χ0n) is 13.9. The third-order valence-electron chi connectivity index (χ3n) is 3.98. The Kier molecular flexibility index (Phi) is 5.75. The highest BCUT2D eigenvalue weighted by Gasteiger charge is 2.23. The number of hydrogen-bond acceptors (Lipinski definition) is 6. The molecule has 1 aliphatic heterocycles. The molecule has 0 saturated carbocycles. The molecule has 0 unspecified atom stereocenters. The number of morpholine rings is 1. The van der Waals surface area contributed by atoms with Crippen LogP contribution in [0.3, 0.4) is 0 Å². The Bertz CT molecular complexity index is 978. The van der Waals surface area contributed by atoms with Gasteiger partial charge in [-0.2, -0.15) is 0 Å². The van der Waals surface area contributed by atoms with Crippen molar-refractivity contribution in [3.63, 3.8) is 0 Å². The van der Waals surface area contributed by atoms with Crippen LogP contribution in [0.4, 0.5) is 17.1 Å². The van der Waals surface area contributed by atoms with Gasteiger partial charge in [0.2, 0.25) is 0 Å². The second kappa shape index (κ2) is 7.89. The lowest BCUT2D eigenvalue weighted by molar-refractivity contribution is -0.384. The fraction of sp³-hybridized carbons (Fsp3) is 0.250. The fourth-order valence-electron chi connectivity index (χ4n) is 2.67. The summed E-state index contributed by atoms with van der Waals surface area (Å²) in [5, 5.41) is 11.2. The predicted molar refractivity (Wildman–Crippen MR) is 103 cm³/mol. The summed E-state index contributed by atoms with van der Waals surface area (Å²) in [4.78, 5) is 12.0. The molecular formula is C16H15Cl2N3O5S. The highest BCUT2D eigenvalue weighted by molar-refractivity contribution is 7.92. The van der Waals surface area contributed by atoms with Crippen LogP contribution in [0, 0.1) is 10.1 Å². The van der Waals surface area contributed by atoms with E-state index in [1.165, 1.54) is 18.2 Å². The number of nitrogens with one attached hydrogen (secondary N) is 1. The van der Waals surface area contributed by atoms with Crippen LogP contribution in [0.25, 0.3) is 0 Å². The van der Waals surface area contributed by atoms with Gasteiger partial charge in [-0.3, -0.25) is 14.8 Å². The number of ether oxygens (including phenoxy) is 1. The summed E-state index contributed by atoms with van der Waals surface area (Å²) in [7, 11) is -4.09. The molecule has 0 aromatic heterocycles. The van der Waals surface area contributed by atoms with Gasteiger partial charge in [-0.1, -0.05) is 23.2 Å². The first-order chi connectivity index (χ1) is 12.8. The minimum absolute atomic E-state index is 0.143. The lowest BCUT2D eigenvalue weighted by atomic mass is 10.2. The number of rotatable bonds is 5. The maximum Gasteiger partial charge on any atom is 0.289 e. The van der Waals surface area contributed by atoms with Crippen molar-refractivity contribution in [2.24, 2.45) is 0 Å². The van der Waals surface area contributed by atoms with Gasteiger partial charge in [-0.15, -0.1) is 0 Å². The van der Waals surface area contributed by atoms with Crippen molar-refractivity contribution < 1.29 is 18.1 Å². The molecular weight excluding hydrogens is 417 g/mol. The van der Waals surface area contributed by atoms with E-state index in [2.05, 4.69) is 4.72 Å². The molecule has 2 aromatic rings. The van der Waals surface area contributed by atoms with Crippen molar-refractivity contribution in [2.75, 3.05) is 35.9 Å². The lowest BCUT2D eigenvalue weighted by Crippen LogP contribution is -2.36. The normalized spacial score (nSPS) is 14.8. The van der Waals surface area contributed by atoms with Crippen LogP contribution in [-0.2, 0) is 14.8 Å². The van der Waals surface area contributed by atoms with Crippen LogP contribution in [0.2, 0.25) is 10.0 Å². The van der Waals surface area contributed by atoms with Crippen molar-refractivity contribution in [1.29, 1.82) is 0 Å². The Labute approximate surface area is 165 Å². The summed E-state index contributed by atoms with van der Waals surface area (Å²) in [5.41, 5.74) is 0.441. The van der Waals surface area contributed by atoms with Crippen molar-refractivity contribution in [1.82, 2.24) is 0 Å². The van der Waals surface area contributed by atoms with E-state index >= 15 is 0 Å². The van der Waals surface area contributed by atoms with Gasteiger partial charge < -0.3 is 9.64 Å². The van der Waals surface area contributed by atoms with Gasteiger partial charge in [0.05, 0.1) is 34.4 Å². The third kappa shape index (κ3) is 4.44. The van der Waals surface area contributed by atoms with Gasteiger partial charge in [0, 0.05) is 24.2 Å². The molecule has 1 fully saturated rings. The van der Waals surface area contributed by atoms with E-state index in [0.717, 1.165) is 6.07 Å². The number of hydrogen-bond donors (Lipinski definition) is 1. The van der Waals surface area contributed by atoms with E-state index in [1.54, 1.807) is 12.1 Å². The summed E-state index contributed by atoms with van der Waals surface area (Å²) in [6.45, 7) is 2.25. The van der Waals surface area contributed by atoms with Crippen molar-refractivity contribution >= 4 is 50.3 Å². The first-order valence-electron chi connectivity index (χ1n) is 7.87. The monoisotopic (exact) mass is 431 g/mol. The SMILES string of the molecule is O=[N+]([O-])c1cc(S(=O)(=O)Nc2cc(Cl)ccc2N2CCOCC2)ccc1Cl. The van der Waals surface area contributed by atoms with Crippen LogP contribution in [0.5, 0.6) is 0 Å². The van der Waals surface area contributed by atoms with Crippen LogP contribution < -0.4 is 9.62 Å². The van der Waals surface area contributed by atoms with Crippen molar-refractivity contribution in [3.8, 4) is 0 Å². The smallest absolute Gasteiger partial charge is 0.289 e. The zero-order chi connectivity index (χ0) is 19.6. The molecule has 2 aromatic carbocycles. The highest BCUT2D eigenvalue weighted by atomic mass is 35.5. The molecule has 0 aliphatic carbocycles. The molecule has 1 aliphatic rings. The summed E-state index contributed by atoms with van der Waals surface area (Å²) >= 11 is 11.8. The highest BCUT2D eigenvalue weighted by Crippen LogP contribution is 2.33. The number of nitro benzene ring substituents is 1. The number of nitrogens with zero attached hydrogens (tertiary/aromatic N) is 2. The standard InChI is InChI=1S/C16H15Cl2N3O5S/c17-11-1-4-15(20-5-7-26-8-6-20)14(9-11)19-27(24,25)12-2-3-13(18)16(10-12)21(22)23/h1-4,9-10,19H,5-8H2. The number of benzene rings is 2. The molecule has 3 rings (SSSR count). The molecule has 144 valence electrons. The van der Waals surface area contributed by atoms with E-state index in [1.807, 2.05) is 4.90 Å². The quantitative estimate of drug-likeness (QED) is 0.573. The number of anilines is 2. The second-order valence-corrected chi connectivity index (χ2v) is 8.26. The van der Waals surface area contributed by atoms with Crippen molar-refractivity contribution in [3.05, 3.63) is 56.6 Å². The molecule has 0 radical (unpaired) electrons. The molecule has 8 nitrogen and oxygen atoms in total. The number of halogens is 2. The molecule has 0 spiro atoms. The van der Waals surface area contributed by atoms with Crippen LogP contribution in [0.1, 0.15) is 0 Å². The number of nitro groups is 1. The summed E-state index contributed by atoms with van der Waals surface area (Å²) < 4.78 is 33.3. The van der Waals surface area contributed by atoms with E-state index < -0.39 is 20.6 Å². The maximum atomic E-state index is 12.8. The summed E-state index contributed by atoms with van der Waals surface area (Å²) in [5.74, 6) is 0. The van der Waals surface area contributed by atoms with Gasteiger partial charge in [0.1, 0.15) is 5.02 Å². The average molecular weight is 432 g/mol. The Morgan fingerprint density at radius 2 is 1.81 bits per heavy atom. The van der Waals surface area contributed by atoms with E-state index in [9.17, 15) is 18.5 Å². The second-order valence-electron chi connectivity index (χ2n) is 5.74. The van der Waals surface area contributed by atoms with Crippen molar-refractivity contribution in [2.45, 2.75) is 4.90 Å². The van der Waals surface area contributed by atoms with E-state index in [-0.39, 0.29) is 15.6 Å². The molecule has 1 N–H and O–H groups in total. The van der Waals surface area contributed by atoms with Gasteiger partial charge in [-0.25, -0.2) is 8.42 Å². The average Bonchev–Trinajstić information content (AvgIpc) is 2.62. The van der Waals surface area contributed by atoms with E-state index in [0.29, 0.717) is 37.0 Å². The molecule has 1 heterocycles. The zero-order valence-corrected chi connectivity index (χ0v) is 16.2. The summed E-state index contributed by atoms with van der Waals surface area (Å²) in [6, 6.07) is 8.18. The van der Waals surface area contributed by atoms with Gasteiger partial charge >= 0.3 is 0 Å². The fourth-order valence-corrected chi connectivity index (χ4v) is 4.12. The molecule has 11 heteroatoms. The largest absolute Gasteiger partial charge is 0.378 e. The minimum Gasteiger partial charge on any atom is -0.378 e. The van der Waals surface area contributed by atoms with Crippen LogP contribution in [-0.4, -0.2) is 39.6 Å². The van der Waals surface area contributed by atoms with Gasteiger partial charge in [-0.05, 0) is 30.3 Å². The Balaban J connectivity index is 1.97. The molecule has 0 atom stereocenters. The molecule has 0 amide bonds. The Morgan fingerprint density at radius 1 is 1.11 bits per heavy atom. The molecule has 27 heavy (non-hydrogen) atoms. The number of sulfonamides is 1. The summed E-state index contributed by atoms with van der Waals surface area (Å²) in [6.07, 6.45) is 0. The Hall–Kier alpha value is -2.07. The van der Waals surface area contributed by atoms with Crippen LogP contribution >= 0.6 is 23.2 Å². The van der Waals surface area contributed by atoms with Crippen LogP contribution in [0.15, 0.2) is 41.3 Å². The van der Waals surface area contributed by atoms with Gasteiger partial charge in [0.25, 0.3) is 15.7 Å². The maximum absolute atomic E-state index is 12.8. The Morgan fingerprint density at radius 3 is 2.48 bits per heavy atom. The van der Waals surface area contributed by atoms with Gasteiger partial charge in [0.15, 0.2) is 0 Å². The lowest BCUT2D eigenvalue weighted by Gasteiger charge is -2.30. The first kappa shape index (κ1) is 19.7. The third-order valence-corrected chi connectivity index (χ3v) is 5.90. The first-order valence-corrected chi connectivity index (χ1v) is 10.1.